The third-order valence-corrected chi connectivity index (χ3v) is 6.87. The van der Waals surface area contributed by atoms with Crippen molar-refractivity contribution in [3.63, 3.8) is 0 Å². The molecule has 1 aliphatic rings. The van der Waals surface area contributed by atoms with Gasteiger partial charge in [-0.3, -0.25) is 4.90 Å². The van der Waals surface area contributed by atoms with Gasteiger partial charge >= 0.3 is 0 Å². The molecule has 0 aliphatic carbocycles. The van der Waals surface area contributed by atoms with Crippen LogP contribution in [0.1, 0.15) is 30.0 Å². The summed E-state index contributed by atoms with van der Waals surface area (Å²) in [6, 6.07) is 9.75. The van der Waals surface area contributed by atoms with E-state index >= 15 is 0 Å². The molecule has 0 unspecified atom stereocenters. The summed E-state index contributed by atoms with van der Waals surface area (Å²) in [5, 5.41) is 4.17. The molecule has 142 valence electrons. The molecule has 0 spiro atoms. The zero-order valence-electron chi connectivity index (χ0n) is 15.1. The van der Waals surface area contributed by atoms with Gasteiger partial charge in [0.25, 0.3) is 0 Å². The minimum Gasteiger partial charge on any atom is -0.497 e. The molecule has 0 saturated carbocycles. The Labute approximate surface area is 160 Å². The van der Waals surface area contributed by atoms with Gasteiger partial charge in [-0.25, -0.2) is 13.1 Å². The van der Waals surface area contributed by atoms with Crippen LogP contribution < -0.4 is 9.46 Å². The van der Waals surface area contributed by atoms with Crippen molar-refractivity contribution < 1.29 is 13.2 Å². The van der Waals surface area contributed by atoms with Crippen LogP contribution in [0.4, 0.5) is 0 Å². The number of likely N-dealkylation sites (tertiary alicyclic amines) is 1. The number of ether oxygens (including phenoxy) is 1. The van der Waals surface area contributed by atoms with Gasteiger partial charge in [-0.1, -0.05) is 12.1 Å². The Morgan fingerprint density at radius 2 is 1.92 bits per heavy atom. The van der Waals surface area contributed by atoms with E-state index in [0.29, 0.717) is 13.0 Å². The standard InChI is InChI=1S/C19H26N2O3S2/c1-24-18-6-4-16(5-7-18)9-13-26(22,23)20-14-19(17-8-12-25-15-17)21-10-2-3-11-21/h4-8,12,15,19-20H,2-3,9-11,13-14H2,1H3/t19-/m0/s1. The molecule has 1 atom stereocenters. The lowest BCUT2D eigenvalue weighted by atomic mass is 10.1. The van der Waals surface area contributed by atoms with E-state index in [2.05, 4.69) is 26.4 Å². The van der Waals surface area contributed by atoms with Gasteiger partial charge < -0.3 is 4.74 Å². The molecule has 1 fully saturated rings. The summed E-state index contributed by atoms with van der Waals surface area (Å²) in [6.45, 7) is 2.50. The molecule has 26 heavy (non-hydrogen) atoms. The third kappa shape index (κ3) is 5.30. The highest BCUT2D eigenvalue weighted by Gasteiger charge is 2.25. The van der Waals surface area contributed by atoms with Gasteiger partial charge in [0.1, 0.15) is 5.75 Å². The van der Waals surface area contributed by atoms with Crippen molar-refractivity contribution in [3.05, 3.63) is 52.2 Å². The first-order valence-corrected chi connectivity index (χ1v) is 11.5. The van der Waals surface area contributed by atoms with Crippen molar-refractivity contribution in [3.8, 4) is 5.75 Å². The normalized spacial score (nSPS) is 16.7. The first-order chi connectivity index (χ1) is 12.6. The van der Waals surface area contributed by atoms with Gasteiger partial charge in [-0.05, 0) is 72.4 Å². The molecule has 3 rings (SSSR count). The van der Waals surface area contributed by atoms with Crippen LogP contribution in [0, 0.1) is 0 Å². The quantitative estimate of drug-likeness (QED) is 0.710. The predicted octanol–water partition coefficient (Wildman–Crippen LogP) is 3.06. The van der Waals surface area contributed by atoms with Gasteiger partial charge in [0.15, 0.2) is 0 Å². The molecule has 2 aromatic rings. The monoisotopic (exact) mass is 394 g/mol. The van der Waals surface area contributed by atoms with E-state index in [-0.39, 0.29) is 11.8 Å². The minimum absolute atomic E-state index is 0.0929. The van der Waals surface area contributed by atoms with Crippen LogP contribution in [0.15, 0.2) is 41.1 Å². The van der Waals surface area contributed by atoms with Crippen molar-refractivity contribution in [2.45, 2.75) is 25.3 Å². The van der Waals surface area contributed by atoms with Crippen molar-refractivity contribution in [2.24, 2.45) is 0 Å². The summed E-state index contributed by atoms with van der Waals surface area (Å²) in [7, 11) is -1.70. The minimum atomic E-state index is -3.32. The van der Waals surface area contributed by atoms with Crippen molar-refractivity contribution in [1.82, 2.24) is 9.62 Å². The molecule has 1 N–H and O–H groups in total. The van der Waals surface area contributed by atoms with Gasteiger partial charge in [-0.15, -0.1) is 0 Å². The fraction of sp³-hybridized carbons (Fsp3) is 0.474. The highest BCUT2D eigenvalue weighted by molar-refractivity contribution is 7.89. The number of sulfonamides is 1. The maximum absolute atomic E-state index is 12.5. The zero-order valence-corrected chi connectivity index (χ0v) is 16.7. The molecule has 0 bridgehead atoms. The fourth-order valence-corrected chi connectivity index (χ4v) is 5.07. The first kappa shape index (κ1) is 19.4. The Hall–Kier alpha value is -1.41. The molecule has 1 aromatic heterocycles. The lowest BCUT2D eigenvalue weighted by Gasteiger charge is -2.27. The lowest BCUT2D eigenvalue weighted by molar-refractivity contribution is 0.247. The molecule has 2 heterocycles. The third-order valence-electron chi connectivity index (χ3n) is 4.82. The number of methoxy groups -OCH3 is 1. The number of hydrogen-bond donors (Lipinski definition) is 1. The molecule has 1 saturated heterocycles. The summed E-state index contributed by atoms with van der Waals surface area (Å²) in [6.07, 6.45) is 2.86. The van der Waals surface area contributed by atoms with Crippen LogP contribution in [-0.2, 0) is 16.4 Å². The Morgan fingerprint density at radius 1 is 1.19 bits per heavy atom. The number of thiophene rings is 1. The number of aryl methyl sites for hydroxylation is 1. The smallest absolute Gasteiger partial charge is 0.211 e. The van der Waals surface area contributed by atoms with Gasteiger partial charge in [0.2, 0.25) is 10.0 Å². The molecule has 1 aromatic carbocycles. The summed E-state index contributed by atoms with van der Waals surface area (Å²) in [4.78, 5) is 2.38. The second-order valence-corrected chi connectivity index (χ2v) is 9.29. The summed E-state index contributed by atoms with van der Waals surface area (Å²) < 4.78 is 32.9. The lowest BCUT2D eigenvalue weighted by Crippen LogP contribution is -2.37. The van der Waals surface area contributed by atoms with E-state index in [9.17, 15) is 8.42 Å². The zero-order chi connectivity index (χ0) is 18.4. The average Bonchev–Trinajstić information content (AvgIpc) is 3.35. The molecule has 1 aliphatic heterocycles. The van der Waals surface area contributed by atoms with E-state index in [1.54, 1.807) is 18.4 Å². The van der Waals surface area contributed by atoms with E-state index < -0.39 is 10.0 Å². The average molecular weight is 395 g/mol. The molecular weight excluding hydrogens is 368 g/mol. The number of nitrogens with one attached hydrogen (secondary N) is 1. The van der Waals surface area contributed by atoms with Crippen LogP contribution in [0.3, 0.4) is 0 Å². The van der Waals surface area contributed by atoms with Crippen LogP contribution in [0.5, 0.6) is 5.75 Å². The largest absolute Gasteiger partial charge is 0.497 e. The Morgan fingerprint density at radius 3 is 2.54 bits per heavy atom. The van der Waals surface area contributed by atoms with Gasteiger partial charge in [0, 0.05) is 12.6 Å². The molecule has 7 heteroatoms. The topological polar surface area (TPSA) is 58.6 Å². The molecular formula is C19H26N2O3S2. The van der Waals surface area contributed by atoms with Crippen LogP contribution in [0.25, 0.3) is 0 Å². The van der Waals surface area contributed by atoms with Gasteiger partial charge in [-0.2, -0.15) is 11.3 Å². The predicted molar refractivity (Wildman–Crippen MR) is 106 cm³/mol. The Balaban J connectivity index is 1.56. The number of hydrogen-bond acceptors (Lipinski definition) is 5. The second-order valence-electron chi connectivity index (χ2n) is 6.58. The second kappa shape index (κ2) is 8.99. The maximum Gasteiger partial charge on any atom is 0.211 e. The summed E-state index contributed by atoms with van der Waals surface area (Å²) in [5.74, 6) is 0.870. The maximum atomic E-state index is 12.5. The molecule has 5 nitrogen and oxygen atoms in total. The van der Waals surface area contributed by atoms with Crippen molar-refractivity contribution in [2.75, 3.05) is 32.5 Å². The highest BCUT2D eigenvalue weighted by Crippen LogP contribution is 2.26. The van der Waals surface area contributed by atoms with E-state index in [1.165, 1.54) is 18.4 Å². The highest BCUT2D eigenvalue weighted by atomic mass is 32.2. The molecule has 0 radical (unpaired) electrons. The number of benzene rings is 1. The van der Waals surface area contributed by atoms with Crippen molar-refractivity contribution in [1.29, 1.82) is 0 Å². The first-order valence-electron chi connectivity index (χ1n) is 8.94. The number of nitrogens with zero attached hydrogens (tertiary/aromatic N) is 1. The van der Waals surface area contributed by atoms with Crippen molar-refractivity contribution >= 4 is 21.4 Å². The summed E-state index contributed by atoms with van der Waals surface area (Å²) in [5.41, 5.74) is 2.19. The molecule has 0 amide bonds. The van der Waals surface area contributed by atoms with Crippen LogP contribution in [-0.4, -0.2) is 45.8 Å². The van der Waals surface area contributed by atoms with E-state index in [4.69, 9.17) is 4.74 Å². The van der Waals surface area contributed by atoms with E-state index in [0.717, 1.165) is 24.4 Å². The van der Waals surface area contributed by atoms with Gasteiger partial charge in [0.05, 0.1) is 12.9 Å². The Bertz CT molecular complexity index is 768. The van der Waals surface area contributed by atoms with E-state index in [1.807, 2.05) is 24.3 Å². The SMILES string of the molecule is COc1ccc(CCS(=O)(=O)NC[C@@H](c2ccsc2)N2CCCC2)cc1. The van der Waals surface area contributed by atoms with Crippen LogP contribution in [0.2, 0.25) is 0 Å². The Kier molecular flexibility index (Phi) is 6.69. The fourth-order valence-electron chi connectivity index (χ4n) is 3.30. The number of rotatable bonds is 9. The summed E-state index contributed by atoms with van der Waals surface area (Å²) >= 11 is 1.66. The van der Waals surface area contributed by atoms with Crippen LogP contribution >= 0.6 is 11.3 Å².